The predicted octanol–water partition coefficient (Wildman–Crippen LogP) is 2.54. The first-order chi connectivity index (χ1) is 13.0. The van der Waals surface area contributed by atoms with Gasteiger partial charge in [0.05, 0.1) is 12.6 Å². The van der Waals surface area contributed by atoms with Gasteiger partial charge < -0.3 is 19.7 Å². The Balaban J connectivity index is 1.73. The van der Waals surface area contributed by atoms with Crippen LogP contribution in [0.15, 0.2) is 0 Å². The van der Waals surface area contributed by atoms with Crippen molar-refractivity contribution in [2.75, 3.05) is 32.8 Å². The molecule has 7 nitrogen and oxygen atoms in total. The minimum Gasteiger partial charge on any atom is -0.466 e. The molecule has 0 saturated carbocycles. The van der Waals surface area contributed by atoms with E-state index in [1.165, 1.54) is 0 Å². The van der Waals surface area contributed by atoms with Gasteiger partial charge in [-0.25, -0.2) is 4.79 Å². The van der Waals surface area contributed by atoms with Gasteiger partial charge in [-0.3, -0.25) is 9.69 Å². The number of ether oxygens (including phenoxy) is 2. The summed E-state index contributed by atoms with van der Waals surface area (Å²) in [5.74, 6) is 0.274. The van der Waals surface area contributed by atoms with Crippen LogP contribution in [0.1, 0.15) is 52.9 Å². The number of rotatable bonds is 8. The number of amides is 1. The van der Waals surface area contributed by atoms with Gasteiger partial charge in [-0.2, -0.15) is 0 Å². The lowest BCUT2D eigenvalue weighted by Gasteiger charge is -2.40. The van der Waals surface area contributed by atoms with Gasteiger partial charge in [-0.15, -0.1) is 0 Å². The smallest absolute Gasteiger partial charge is 0.410 e. The van der Waals surface area contributed by atoms with E-state index in [2.05, 4.69) is 24.1 Å². The van der Waals surface area contributed by atoms with Crippen molar-refractivity contribution in [3.63, 3.8) is 0 Å². The Morgan fingerprint density at radius 2 is 2.07 bits per heavy atom. The number of nitrogens with one attached hydrogen (secondary N) is 1. The summed E-state index contributed by atoms with van der Waals surface area (Å²) >= 11 is 5.48. The summed E-state index contributed by atoms with van der Waals surface area (Å²) in [4.78, 5) is 27.7. The lowest BCUT2D eigenvalue weighted by Crippen LogP contribution is -2.52. The van der Waals surface area contributed by atoms with Crippen LogP contribution in [0.4, 0.5) is 4.79 Å². The Morgan fingerprint density at radius 1 is 1.37 bits per heavy atom. The lowest BCUT2D eigenvalue weighted by atomic mass is 9.95. The second-order valence-electron chi connectivity index (χ2n) is 7.30. The fourth-order valence-corrected chi connectivity index (χ4v) is 3.98. The van der Waals surface area contributed by atoms with Crippen LogP contribution in [0.2, 0.25) is 0 Å². The first-order valence-corrected chi connectivity index (χ1v) is 10.5. The Labute approximate surface area is 167 Å². The molecule has 2 aliphatic heterocycles. The first-order valence-electron chi connectivity index (χ1n) is 10.1. The Morgan fingerprint density at radius 3 is 2.70 bits per heavy atom. The van der Waals surface area contributed by atoms with E-state index in [0.717, 1.165) is 37.5 Å². The Hall–Kier alpha value is -1.57. The summed E-state index contributed by atoms with van der Waals surface area (Å²) in [5.41, 5.74) is 0. The highest BCUT2D eigenvalue weighted by atomic mass is 32.1. The molecule has 1 amide bonds. The highest BCUT2D eigenvalue weighted by Gasteiger charge is 2.41. The average Bonchev–Trinajstić information content (AvgIpc) is 3.06. The molecule has 0 spiro atoms. The van der Waals surface area contributed by atoms with Crippen LogP contribution in [-0.4, -0.2) is 71.9 Å². The van der Waals surface area contributed by atoms with Crippen molar-refractivity contribution in [1.29, 1.82) is 0 Å². The van der Waals surface area contributed by atoms with Crippen molar-refractivity contribution in [3.8, 4) is 0 Å². The van der Waals surface area contributed by atoms with Crippen molar-refractivity contribution in [3.05, 3.63) is 0 Å². The maximum atomic E-state index is 12.2. The summed E-state index contributed by atoms with van der Waals surface area (Å²) < 4.78 is 10.2. The molecule has 2 fully saturated rings. The maximum absolute atomic E-state index is 12.2. The quantitative estimate of drug-likeness (QED) is 0.382. The zero-order valence-electron chi connectivity index (χ0n) is 16.7. The summed E-state index contributed by atoms with van der Waals surface area (Å²) in [7, 11) is 0. The molecule has 2 atom stereocenters. The molecule has 8 heteroatoms. The number of nitrogens with zero attached hydrogens (tertiary/aromatic N) is 2. The first kappa shape index (κ1) is 21.7. The van der Waals surface area contributed by atoms with Gasteiger partial charge in [-0.05, 0) is 44.3 Å². The van der Waals surface area contributed by atoms with E-state index < -0.39 is 0 Å². The van der Waals surface area contributed by atoms with Gasteiger partial charge in [0.2, 0.25) is 0 Å². The van der Waals surface area contributed by atoms with E-state index in [4.69, 9.17) is 21.7 Å². The van der Waals surface area contributed by atoms with Crippen LogP contribution in [0, 0.1) is 5.92 Å². The van der Waals surface area contributed by atoms with Gasteiger partial charge in [-0.1, -0.05) is 20.3 Å². The molecule has 0 aromatic carbocycles. The van der Waals surface area contributed by atoms with Crippen LogP contribution in [0.25, 0.3) is 0 Å². The van der Waals surface area contributed by atoms with Crippen molar-refractivity contribution in [1.82, 2.24) is 15.1 Å². The van der Waals surface area contributed by atoms with Crippen LogP contribution in [-0.2, 0) is 14.3 Å². The fourth-order valence-electron chi connectivity index (χ4n) is 3.70. The molecule has 0 bridgehead atoms. The van der Waals surface area contributed by atoms with Crippen LogP contribution < -0.4 is 5.32 Å². The number of carbonyl (C=O) groups is 2. The molecule has 2 rings (SSSR count). The summed E-state index contributed by atoms with van der Waals surface area (Å²) in [6.45, 7) is 9.38. The lowest BCUT2D eigenvalue weighted by molar-refractivity contribution is -0.143. The van der Waals surface area contributed by atoms with E-state index in [-0.39, 0.29) is 24.1 Å². The summed E-state index contributed by atoms with van der Waals surface area (Å²) in [6, 6.07) is 0.411. The molecule has 2 unspecified atom stereocenters. The third-order valence-corrected chi connectivity index (χ3v) is 5.93. The van der Waals surface area contributed by atoms with Crippen LogP contribution in [0.5, 0.6) is 0 Å². The monoisotopic (exact) mass is 399 g/mol. The number of carbonyl (C=O) groups excluding carboxylic acids is 2. The number of cyclic esters (lactones) is 1. The number of esters is 1. The summed E-state index contributed by atoms with van der Waals surface area (Å²) in [6.07, 6.45) is 3.76. The van der Waals surface area contributed by atoms with E-state index in [1.54, 1.807) is 0 Å². The third-order valence-electron chi connectivity index (χ3n) is 5.53. The SMILES string of the molecule is CCOC(=O)CCCNC(=S)N1CCC(N2C(=O)OCC2C(C)CC)CC1. The minimum absolute atomic E-state index is 0.167. The molecular formula is C19H33N3O4S. The molecule has 0 aromatic heterocycles. The fraction of sp³-hybridized carbons (Fsp3) is 0.842. The molecule has 2 saturated heterocycles. The molecule has 1 N–H and O–H groups in total. The Bertz CT molecular complexity index is 523. The van der Waals surface area contributed by atoms with Crippen molar-refractivity contribution in [2.24, 2.45) is 5.92 Å². The predicted molar refractivity (Wildman–Crippen MR) is 107 cm³/mol. The molecule has 2 aliphatic rings. The van der Waals surface area contributed by atoms with Gasteiger partial charge in [0.1, 0.15) is 6.61 Å². The third kappa shape index (κ3) is 5.96. The number of hydrogen-bond donors (Lipinski definition) is 1. The van der Waals surface area contributed by atoms with Gasteiger partial charge >= 0.3 is 12.1 Å². The van der Waals surface area contributed by atoms with Crippen molar-refractivity contribution >= 4 is 29.4 Å². The van der Waals surface area contributed by atoms with Gasteiger partial charge in [0.25, 0.3) is 0 Å². The molecule has 27 heavy (non-hydrogen) atoms. The summed E-state index contributed by atoms with van der Waals surface area (Å²) in [5, 5.41) is 3.95. The van der Waals surface area contributed by atoms with Gasteiger partial charge in [0.15, 0.2) is 5.11 Å². The maximum Gasteiger partial charge on any atom is 0.410 e. The van der Waals surface area contributed by atoms with Crippen molar-refractivity contribution < 1.29 is 19.1 Å². The van der Waals surface area contributed by atoms with Gasteiger partial charge in [0, 0.05) is 32.1 Å². The molecule has 0 aliphatic carbocycles. The molecular weight excluding hydrogens is 366 g/mol. The zero-order valence-corrected chi connectivity index (χ0v) is 17.6. The van der Waals surface area contributed by atoms with E-state index in [1.807, 2.05) is 11.8 Å². The topological polar surface area (TPSA) is 71.1 Å². The largest absolute Gasteiger partial charge is 0.466 e. The molecule has 0 aromatic rings. The van der Waals surface area contributed by atoms with Crippen LogP contribution in [0.3, 0.4) is 0 Å². The number of piperidine rings is 1. The number of hydrogen-bond acceptors (Lipinski definition) is 5. The Kier molecular flexibility index (Phi) is 8.60. The van der Waals surface area contributed by atoms with E-state index in [9.17, 15) is 9.59 Å². The number of likely N-dealkylation sites (tertiary alicyclic amines) is 1. The number of thiocarbonyl (C=S) groups is 1. The highest BCUT2D eigenvalue weighted by molar-refractivity contribution is 7.80. The second-order valence-corrected chi connectivity index (χ2v) is 7.68. The van der Waals surface area contributed by atoms with E-state index in [0.29, 0.717) is 38.5 Å². The van der Waals surface area contributed by atoms with Crippen LogP contribution >= 0.6 is 12.2 Å². The molecule has 154 valence electrons. The second kappa shape index (κ2) is 10.7. The standard InChI is InChI=1S/C19H33N3O4S/c1-4-14(3)16-13-26-19(24)22(16)15-8-11-21(12-9-15)18(27)20-10-6-7-17(23)25-5-2/h14-16H,4-13H2,1-3H3,(H,20,27). The minimum atomic E-state index is -0.168. The normalized spacial score (nSPS) is 21.7. The zero-order chi connectivity index (χ0) is 19.8. The average molecular weight is 400 g/mol. The molecule has 0 radical (unpaired) electrons. The highest BCUT2D eigenvalue weighted by Crippen LogP contribution is 2.28. The molecule has 2 heterocycles. The van der Waals surface area contributed by atoms with Crippen molar-refractivity contribution in [2.45, 2.75) is 65.0 Å². The van der Waals surface area contributed by atoms with E-state index >= 15 is 0 Å².